The average Bonchev–Trinajstić information content (AvgIpc) is 2.90. The lowest BCUT2D eigenvalue weighted by molar-refractivity contribution is 0.183. The molecule has 0 spiro atoms. The monoisotopic (exact) mass is 543 g/mol. The van der Waals surface area contributed by atoms with Gasteiger partial charge in [-0.25, -0.2) is 0 Å². The molecule has 0 saturated carbocycles. The van der Waals surface area contributed by atoms with Gasteiger partial charge in [-0.2, -0.15) is 0 Å². The third kappa shape index (κ3) is 4.27. The van der Waals surface area contributed by atoms with Gasteiger partial charge in [0, 0.05) is 47.0 Å². The van der Waals surface area contributed by atoms with Crippen molar-refractivity contribution in [3.63, 3.8) is 0 Å². The molecule has 5 aromatic rings. The van der Waals surface area contributed by atoms with Gasteiger partial charge >= 0.3 is 0 Å². The van der Waals surface area contributed by atoms with Crippen LogP contribution in [0.1, 0.15) is 30.4 Å². The van der Waals surface area contributed by atoms with Crippen molar-refractivity contribution in [2.24, 2.45) is 0 Å². The van der Waals surface area contributed by atoms with E-state index in [-0.39, 0.29) is 10.9 Å². The van der Waals surface area contributed by atoms with Gasteiger partial charge in [0.2, 0.25) is 0 Å². The number of nitrogens with zero attached hydrogens (tertiary/aromatic N) is 3. The lowest BCUT2D eigenvalue weighted by atomic mass is 10.0. The van der Waals surface area contributed by atoms with Crippen LogP contribution in [0.15, 0.2) is 75.1 Å². The highest BCUT2D eigenvalue weighted by Crippen LogP contribution is 2.29. The Kier molecular flexibility index (Phi) is 6.19. The number of piperidine rings is 1. The molecule has 7 heteroatoms. The Morgan fingerprint density at radius 3 is 2.53 bits per heavy atom. The van der Waals surface area contributed by atoms with Gasteiger partial charge in [-0.05, 0) is 67.9 Å². The van der Waals surface area contributed by atoms with E-state index in [1.807, 2.05) is 40.9 Å². The first-order valence-corrected chi connectivity index (χ1v) is 13.2. The number of fused-ring (bicyclic) bond motifs is 2. The minimum atomic E-state index is -0.0941. The normalized spacial score (nSPS) is 14.7. The van der Waals surface area contributed by atoms with E-state index in [0.29, 0.717) is 46.0 Å². The molecule has 182 valence electrons. The molecule has 0 amide bonds. The van der Waals surface area contributed by atoms with Crippen molar-refractivity contribution >= 4 is 43.1 Å². The molecule has 36 heavy (non-hydrogen) atoms. The van der Waals surface area contributed by atoms with Crippen LogP contribution >= 0.6 is 15.9 Å². The van der Waals surface area contributed by atoms with Crippen molar-refractivity contribution < 1.29 is 4.74 Å². The zero-order chi connectivity index (χ0) is 24.6. The van der Waals surface area contributed by atoms with Gasteiger partial charge in [-0.3, -0.25) is 19.5 Å². The van der Waals surface area contributed by atoms with Crippen molar-refractivity contribution in [2.75, 3.05) is 26.2 Å². The first-order valence-electron chi connectivity index (χ1n) is 12.4. The van der Waals surface area contributed by atoms with Crippen LogP contribution in [0.3, 0.4) is 0 Å². The Hall–Kier alpha value is -3.29. The molecule has 1 saturated heterocycles. The van der Waals surface area contributed by atoms with E-state index < -0.39 is 0 Å². The number of likely N-dealkylation sites (tertiary alicyclic amines) is 1. The first kappa shape index (κ1) is 23.1. The smallest absolute Gasteiger partial charge is 0.197 e. The van der Waals surface area contributed by atoms with E-state index in [0.717, 1.165) is 35.2 Å². The third-order valence-electron chi connectivity index (χ3n) is 7.10. The molecular weight excluding hydrogens is 518 g/mol. The number of ether oxygens (including phenoxy) is 1. The highest BCUT2D eigenvalue weighted by Gasteiger charge is 2.18. The Bertz CT molecular complexity index is 1680. The van der Waals surface area contributed by atoms with Crippen LogP contribution in [0, 0.1) is 0 Å². The van der Waals surface area contributed by atoms with E-state index in [9.17, 15) is 9.59 Å². The molecule has 0 aliphatic carbocycles. The summed E-state index contributed by atoms with van der Waals surface area (Å²) in [4.78, 5) is 33.9. The summed E-state index contributed by atoms with van der Waals surface area (Å²) in [5, 5.41) is 1.61. The van der Waals surface area contributed by atoms with Crippen molar-refractivity contribution in [2.45, 2.75) is 25.7 Å². The van der Waals surface area contributed by atoms with E-state index in [4.69, 9.17) is 4.74 Å². The van der Waals surface area contributed by atoms with Crippen LogP contribution in [0.4, 0.5) is 0 Å². The van der Waals surface area contributed by atoms with Crippen LogP contribution in [0.25, 0.3) is 27.2 Å². The molecular formula is C29H26BrN3O3. The van der Waals surface area contributed by atoms with Gasteiger partial charge in [-0.15, -0.1) is 0 Å². The van der Waals surface area contributed by atoms with Crippen LogP contribution in [-0.2, 0) is 6.42 Å². The first-order chi connectivity index (χ1) is 17.6. The van der Waals surface area contributed by atoms with Crippen LogP contribution in [-0.4, -0.2) is 40.5 Å². The van der Waals surface area contributed by atoms with Crippen LogP contribution < -0.4 is 15.6 Å². The van der Waals surface area contributed by atoms with Crippen LogP contribution in [0.5, 0.6) is 5.75 Å². The topological polar surface area (TPSA) is 63.9 Å². The van der Waals surface area contributed by atoms with E-state index in [1.165, 1.54) is 19.3 Å². The van der Waals surface area contributed by atoms with Gasteiger partial charge in [0.05, 0.1) is 21.8 Å². The number of aromatic nitrogens is 2. The highest BCUT2D eigenvalue weighted by molar-refractivity contribution is 9.10. The van der Waals surface area contributed by atoms with E-state index in [1.54, 1.807) is 24.5 Å². The second kappa shape index (κ2) is 9.64. The van der Waals surface area contributed by atoms with E-state index >= 15 is 0 Å². The van der Waals surface area contributed by atoms with Crippen molar-refractivity contribution in [1.82, 2.24) is 14.3 Å². The summed E-state index contributed by atoms with van der Waals surface area (Å²) in [6.07, 6.45) is 9.57. The second-order valence-electron chi connectivity index (χ2n) is 9.50. The van der Waals surface area contributed by atoms with Crippen LogP contribution in [0.2, 0.25) is 0 Å². The molecule has 0 radical (unpaired) electrons. The molecule has 0 N–H and O–H groups in total. The Morgan fingerprint density at radius 1 is 0.944 bits per heavy atom. The summed E-state index contributed by atoms with van der Waals surface area (Å²) in [7, 11) is 0. The maximum Gasteiger partial charge on any atom is 0.197 e. The summed E-state index contributed by atoms with van der Waals surface area (Å²) in [5.41, 5.74) is 2.82. The van der Waals surface area contributed by atoms with Crippen molar-refractivity contribution in [1.29, 1.82) is 0 Å². The quantitative estimate of drug-likeness (QED) is 0.222. The molecule has 4 heterocycles. The summed E-state index contributed by atoms with van der Waals surface area (Å²) < 4.78 is 8.99. The molecule has 0 atom stereocenters. The predicted octanol–water partition coefficient (Wildman–Crippen LogP) is 5.02. The minimum absolute atomic E-state index is 0.0842. The van der Waals surface area contributed by atoms with Gasteiger partial charge in [0.1, 0.15) is 12.4 Å². The summed E-state index contributed by atoms with van der Waals surface area (Å²) in [5.74, 6) is 0.561. The molecule has 0 unspecified atom stereocenters. The third-order valence-corrected chi connectivity index (χ3v) is 7.59. The van der Waals surface area contributed by atoms with Crippen molar-refractivity contribution in [3.05, 3.63) is 97.1 Å². The SMILES string of the molecule is O=c1c(Cc2cccnc2)cn2c3cc(Br)ccc3c(=O)c3cc(OCCN4CCCCC4)cc1c32. The largest absolute Gasteiger partial charge is 0.492 e. The van der Waals surface area contributed by atoms with E-state index in [2.05, 4.69) is 25.8 Å². The molecule has 1 fully saturated rings. The molecule has 1 aliphatic rings. The number of hydrogen-bond acceptors (Lipinski definition) is 5. The van der Waals surface area contributed by atoms with Gasteiger partial charge in [0.15, 0.2) is 10.9 Å². The molecule has 2 aromatic carbocycles. The number of pyridine rings is 3. The summed E-state index contributed by atoms with van der Waals surface area (Å²) in [6, 6.07) is 13.1. The van der Waals surface area contributed by atoms with Crippen molar-refractivity contribution in [3.8, 4) is 5.75 Å². The highest BCUT2D eigenvalue weighted by atomic mass is 79.9. The lowest BCUT2D eigenvalue weighted by Crippen LogP contribution is -2.33. The molecule has 0 bridgehead atoms. The zero-order valence-corrected chi connectivity index (χ0v) is 21.5. The number of rotatable bonds is 6. The molecule has 1 aliphatic heterocycles. The molecule has 6 nitrogen and oxygen atoms in total. The average molecular weight is 544 g/mol. The standard InChI is InChI=1S/C29H26BrN3O3/c30-21-6-7-23-26(14-21)33-18-20(13-19-5-4-8-31-17-19)28(34)24-15-22(16-25(27(24)33)29(23)35)36-12-11-32-9-2-1-3-10-32/h4-8,14-18H,1-3,9-13H2. The Labute approximate surface area is 216 Å². The van der Waals surface area contributed by atoms with Gasteiger partial charge in [0.25, 0.3) is 0 Å². The van der Waals surface area contributed by atoms with Gasteiger partial charge < -0.3 is 9.14 Å². The Morgan fingerprint density at radius 2 is 1.75 bits per heavy atom. The summed E-state index contributed by atoms with van der Waals surface area (Å²) in [6.45, 7) is 3.55. The zero-order valence-electron chi connectivity index (χ0n) is 19.9. The second-order valence-corrected chi connectivity index (χ2v) is 10.4. The fourth-order valence-corrected chi connectivity index (χ4v) is 5.65. The fraction of sp³-hybridized carbons (Fsp3) is 0.276. The summed E-state index contributed by atoms with van der Waals surface area (Å²) >= 11 is 3.54. The number of benzene rings is 2. The fourth-order valence-electron chi connectivity index (χ4n) is 5.30. The molecule has 6 rings (SSSR count). The number of hydrogen-bond donors (Lipinski definition) is 0. The predicted molar refractivity (Wildman–Crippen MR) is 147 cm³/mol. The Balaban J connectivity index is 1.51. The maximum absolute atomic E-state index is 13.7. The van der Waals surface area contributed by atoms with Gasteiger partial charge in [-0.1, -0.05) is 28.4 Å². The maximum atomic E-state index is 13.7. The lowest BCUT2D eigenvalue weighted by Gasteiger charge is -2.26. The minimum Gasteiger partial charge on any atom is -0.492 e. The number of halogens is 1. The molecule has 3 aromatic heterocycles.